The summed E-state index contributed by atoms with van der Waals surface area (Å²) in [6, 6.07) is 3.98. The van der Waals surface area contributed by atoms with Gasteiger partial charge in [-0.1, -0.05) is 41.5 Å². The number of aliphatic hydroxyl groups excluding tert-OH is 1. The fourth-order valence-electron chi connectivity index (χ4n) is 7.23. The third-order valence-electron chi connectivity index (χ3n) is 8.54. The van der Waals surface area contributed by atoms with Crippen molar-refractivity contribution >= 4 is 14.2 Å². The van der Waals surface area contributed by atoms with Crippen LogP contribution in [0.4, 0.5) is 0 Å². The molecule has 4 atom stereocenters. The van der Waals surface area contributed by atoms with E-state index in [1.807, 2.05) is 17.0 Å². The van der Waals surface area contributed by atoms with Crippen molar-refractivity contribution in [1.29, 1.82) is 0 Å². The number of amides is 1. The van der Waals surface area contributed by atoms with Gasteiger partial charge in [0.1, 0.15) is 11.6 Å². The number of methoxy groups -OCH3 is 2. The molecule has 1 aromatic carbocycles. The van der Waals surface area contributed by atoms with Crippen LogP contribution in [0.3, 0.4) is 0 Å². The number of fused-ring (bicyclic) bond motifs is 1. The van der Waals surface area contributed by atoms with E-state index >= 15 is 0 Å². The molecule has 190 valence electrons. The molecule has 8 heteroatoms. The van der Waals surface area contributed by atoms with Crippen LogP contribution < -0.4 is 9.47 Å². The summed E-state index contributed by atoms with van der Waals surface area (Å²) in [7, 11) is 1.18. The predicted octanol–water partition coefficient (Wildman–Crippen LogP) is 4.01. The largest absolute Gasteiger partial charge is 0.493 e. The lowest BCUT2D eigenvalue weighted by molar-refractivity contribution is -0.140. The van der Waals surface area contributed by atoms with Gasteiger partial charge in [-0.2, -0.15) is 0 Å². The fraction of sp³-hybridized carbons (Fsp3) is 0.731. The van der Waals surface area contributed by atoms with Gasteiger partial charge in [-0.15, -0.1) is 0 Å². The quantitative estimate of drug-likeness (QED) is 0.554. The van der Waals surface area contributed by atoms with Crippen molar-refractivity contribution in [3.63, 3.8) is 0 Å². The monoisotopic (exact) mass is 491 g/mol. The zero-order valence-corrected chi connectivity index (χ0v) is 22.9. The Morgan fingerprint density at radius 2 is 1.68 bits per heavy atom. The van der Waals surface area contributed by atoms with Crippen LogP contribution >= 0.6 is 0 Å². The lowest BCUT2D eigenvalue weighted by Crippen LogP contribution is -2.51. The number of carbonyl (C=O) groups is 1. The first-order valence-electron chi connectivity index (χ1n) is 12.6. The second kappa shape index (κ2) is 9.12. The first-order chi connectivity index (χ1) is 16.0. The Bertz CT molecular complexity index is 912. The summed E-state index contributed by atoms with van der Waals surface area (Å²) < 4.78 is 24.4. The molecule has 0 saturated carbocycles. The Morgan fingerprint density at radius 3 is 2.24 bits per heavy atom. The van der Waals surface area contributed by atoms with Crippen LogP contribution in [0.5, 0.6) is 11.5 Å². The maximum absolute atomic E-state index is 13.0. The van der Waals surface area contributed by atoms with Crippen LogP contribution in [0, 0.1) is 0 Å². The van der Waals surface area contributed by atoms with Crippen molar-refractivity contribution < 1.29 is 28.5 Å². The fourth-order valence-corrected chi connectivity index (χ4v) is 12.7. The predicted molar refractivity (Wildman–Crippen MR) is 133 cm³/mol. The van der Waals surface area contributed by atoms with Crippen molar-refractivity contribution in [2.45, 2.75) is 94.9 Å². The minimum Gasteiger partial charge on any atom is -0.493 e. The van der Waals surface area contributed by atoms with Crippen molar-refractivity contribution in [2.24, 2.45) is 0 Å². The molecule has 3 aliphatic rings. The van der Waals surface area contributed by atoms with Gasteiger partial charge in [0.25, 0.3) is 5.91 Å². The summed E-state index contributed by atoms with van der Waals surface area (Å²) in [4.78, 5) is 14.9. The Labute approximate surface area is 204 Å². The van der Waals surface area contributed by atoms with Gasteiger partial charge in [0.05, 0.1) is 26.9 Å². The van der Waals surface area contributed by atoms with Gasteiger partial charge in [-0.05, 0) is 46.3 Å². The SMILES string of the molecule is COc1cc2c(cc1OC)C13C[C@@H](CO[Si](C(C)C)(C(C)C)C(C)C)OC1[C@@H](O)C(=O)N3CC2. The lowest BCUT2D eigenvalue weighted by atomic mass is 9.76. The Balaban J connectivity index is 1.70. The number of nitrogens with zero attached hydrogens (tertiary/aromatic N) is 1. The molecule has 4 rings (SSSR count). The van der Waals surface area contributed by atoms with E-state index in [4.69, 9.17) is 18.6 Å². The lowest BCUT2D eigenvalue weighted by Gasteiger charge is -2.43. The first kappa shape index (κ1) is 25.5. The van der Waals surface area contributed by atoms with Crippen molar-refractivity contribution in [3.8, 4) is 11.5 Å². The van der Waals surface area contributed by atoms with Crippen molar-refractivity contribution in [2.75, 3.05) is 27.4 Å². The molecule has 0 aliphatic carbocycles. The van der Waals surface area contributed by atoms with E-state index in [0.29, 0.717) is 54.1 Å². The summed E-state index contributed by atoms with van der Waals surface area (Å²) in [6.07, 6.45) is -0.696. The normalized spacial score (nSPS) is 28.5. The highest BCUT2D eigenvalue weighted by molar-refractivity contribution is 6.77. The summed E-state index contributed by atoms with van der Waals surface area (Å²) in [6.45, 7) is 14.7. The van der Waals surface area contributed by atoms with E-state index in [9.17, 15) is 9.90 Å². The zero-order chi connectivity index (χ0) is 25.0. The number of carbonyl (C=O) groups excluding carboxylic acids is 1. The smallest absolute Gasteiger partial charge is 0.255 e. The summed E-state index contributed by atoms with van der Waals surface area (Å²) in [5.74, 6) is 1.04. The molecule has 0 radical (unpaired) electrons. The first-order valence-corrected chi connectivity index (χ1v) is 14.7. The van der Waals surface area contributed by atoms with E-state index in [2.05, 4.69) is 41.5 Å². The third-order valence-corrected chi connectivity index (χ3v) is 14.6. The molecule has 1 spiro atoms. The Hall–Kier alpha value is -1.61. The Kier molecular flexibility index (Phi) is 6.83. The molecule has 7 nitrogen and oxygen atoms in total. The Morgan fingerprint density at radius 1 is 1.09 bits per heavy atom. The summed E-state index contributed by atoms with van der Waals surface area (Å²) in [5, 5.41) is 11.0. The molecule has 2 saturated heterocycles. The number of hydrogen-bond acceptors (Lipinski definition) is 6. The van der Waals surface area contributed by atoms with E-state index in [1.165, 1.54) is 0 Å². The molecule has 1 amide bonds. The number of hydrogen-bond donors (Lipinski definition) is 1. The van der Waals surface area contributed by atoms with E-state index in [1.54, 1.807) is 14.2 Å². The number of benzene rings is 1. The van der Waals surface area contributed by atoms with Crippen LogP contribution in [-0.2, 0) is 25.9 Å². The molecular weight excluding hydrogens is 450 g/mol. The minimum atomic E-state index is -2.07. The van der Waals surface area contributed by atoms with Gasteiger partial charge < -0.3 is 28.6 Å². The molecule has 3 heterocycles. The number of aliphatic hydroxyl groups is 1. The summed E-state index contributed by atoms with van der Waals surface area (Å²) >= 11 is 0. The zero-order valence-electron chi connectivity index (χ0n) is 21.9. The van der Waals surface area contributed by atoms with Gasteiger partial charge in [-0.3, -0.25) is 4.79 Å². The standard InChI is InChI=1S/C26H41NO6Si/c1-15(2)34(16(3)4,17(5)6)32-14-19-13-26-20-12-22(31-8)21(30-7)11-18(20)9-10-27(26)25(29)23(28)24(26)33-19/h11-12,15-17,19,23-24,28H,9-10,13-14H2,1-8H3/t19-,23+,24?,26?/m0/s1. The second-order valence-electron chi connectivity index (χ2n) is 11.0. The highest BCUT2D eigenvalue weighted by Crippen LogP contribution is 2.55. The molecule has 0 aromatic heterocycles. The maximum atomic E-state index is 13.0. The van der Waals surface area contributed by atoms with E-state index in [-0.39, 0.29) is 12.0 Å². The van der Waals surface area contributed by atoms with E-state index < -0.39 is 26.1 Å². The molecule has 1 aromatic rings. The molecule has 2 fully saturated rings. The third kappa shape index (κ3) is 3.52. The average molecular weight is 492 g/mol. The highest BCUT2D eigenvalue weighted by atomic mass is 28.4. The van der Waals surface area contributed by atoms with E-state index in [0.717, 1.165) is 11.1 Å². The molecule has 1 N–H and O–H groups in total. The van der Waals surface area contributed by atoms with Gasteiger partial charge >= 0.3 is 0 Å². The van der Waals surface area contributed by atoms with Crippen LogP contribution in [0.25, 0.3) is 0 Å². The molecular formula is C26H41NO6Si. The average Bonchev–Trinajstić information content (AvgIpc) is 3.25. The van der Waals surface area contributed by atoms with Crippen LogP contribution in [-0.4, -0.2) is 69.9 Å². The second-order valence-corrected chi connectivity index (χ2v) is 16.4. The van der Waals surface area contributed by atoms with Gasteiger partial charge in [-0.25, -0.2) is 0 Å². The van der Waals surface area contributed by atoms with Gasteiger partial charge in [0.15, 0.2) is 25.9 Å². The summed E-state index contributed by atoms with van der Waals surface area (Å²) in [5.41, 5.74) is 2.82. The minimum absolute atomic E-state index is 0.197. The maximum Gasteiger partial charge on any atom is 0.255 e. The topological polar surface area (TPSA) is 77.5 Å². The van der Waals surface area contributed by atoms with Crippen LogP contribution in [0.15, 0.2) is 12.1 Å². The molecule has 0 bridgehead atoms. The molecule has 3 aliphatic heterocycles. The van der Waals surface area contributed by atoms with Gasteiger partial charge in [0, 0.05) is 13.0 Å². The van der Waals surface area contributed by atoms with Gasteiger partial charge in [0.2, 0.25) is 0 Å². The van der Waals surface area contributed by atoms with Crippen molar-refractivity contribution in [1.82, 2.24) is 4.90 Å². The molecule has 34 heavy (non-hydrogen) atoms. The highest BCUT2D eigenvalue weighted by Gasteiger charge is 2.66. The number of rotatable bonds is 8. The molecule has 2 unspecified atom stereocenters. The number of ether oxygens (including phenoxy) is 3. The van der Waals surface area contributed by atoms with Crippen LogP contribution in [0.1, 0.15) is 59.1 Å². The van der Waals surface area contributed by atoms with Crippen LogP contribution in [0.2, 0.25) is 16.6 Å². The van der Waals surface area contributed by atoms with Crippen molar-refractivity contribution in [3.05, 3.63) is 23.3 Å².